The van der Waals surface area contributed by atoms with E-state index in [-0.39, 0.29) is 11.8 Å². The molecule has 4 rings (SSSR count). The number of piperidine rings is 1. The van der Waals surface area contributed by atoms with Gasteiger partial charge in [0.2, 0.25) is 5.91 Å². The smallest absolute Gasteiger partial charge is 0.253 e. The fourth-order valence-corrected chi connectivity index (χ4v) is 4.90. The third-order valence-corrected chi connectivity index (χ3v) is 6.60. The summed E-state index contributed by atoms with van der Waals surface area (Å²) in [6.07, 6.45) is 2.00. The number of benzene rings is 2. The Morgan fingerprint density at radius 1 is 0.900 bits per heavy atom. The molecule has 30 heavy (non-hydrogen) atoms. The summed E-state index contributed by atoms with van der Waals surface area (Å²) in [4.78, 5) is 28.7. The molecule has 0 spiro atoms. The molecule has 158 valence electrons. The quantitative estimate of drug-likeness (QED) is 0.761. The Balaban J connectivity index is 1.46. The van der Waals surface area contributed by atoms with E-state index in [1.165, 1.54) is 0 Å². The van der Waals surface area contributed by atoms with Gasteiger partial charge in [0.1, 0.15) is 5.75 Å². The van der Waals surface area contributed by atoms with E-state index < -0.39 is 0 Å². The van der Waals surface area contributed by atoms with Gasteiger partial charge in [0.25, 0.3) is 5.91 Å². The molecular formula is C25H30N2O3. The monoisotopic (exact) mass is 406 g/mol. The standard InChI is InChI=1S/C25H30N2O3/c1-19(28)26-14-12-20(13-15-26)24-17-27(25(29)21-8-4-2-5-9-21)16-22(24)18-30-23-10-6-3-7-11-23/h2-11,20,22,24H,12-18H2,1H3. The summed E-state index contributed by atoms with van der Waals surface area (Å²) in [5.41, 5.74) is 0.743. The third kappa shape index (κ3) is 4.66. The second-order valence-corrected chi connectivity index (χ2v) is 8.47. The molecule has 0 aliphatic carbocycles. The highest BCUT2D eigenvalue weighted by molar-refractivity contribution is 5.94. The van der Waals surface area contributed by atoms with Gasteiger partial charge in [-0.15, -0.1) is 0 Å². The van der Waals surface area contributed by atoms with E-state index in [0.29, 0.717) is 24.4 Å². The van der Waals surface area contributed by atoms with E-state index in [9.17, 15) is 9.59 Å². The van der Waals surface area contributed by atoms with Crippen molar-refractivity contribution in [2.75, 3.05) is 32.8 Å². The topological polar surface area (TPSA) is 49.9 Å². The normalized spacial score (nSPS) is 22.2. The number of hydrogen-bond acceptors (Lipinski definition) is 3. The number of ether oxygens (including phenoxy) is 1. The van der Waals surface area contributed by atoms with Crippen LogP contribution in [0.15, 0.2) is 60.7 Å². The molecule has 2 saturated heterocycles. The molecule has 2 aromatic rings. The zero-order valence-corrected chi connectivity index (χ0v) is 17.6. The molecule has 2 heterocycles. The van der Waals surface area contributed by atoms with Crippen LogP contribution in [0.4, 0.5) is 0 Å². The van der Waals surface area contributed by atoms with Crippen LogP contribution in [-0.2, 0) is 4.79 Å². The molecule has 5 heteroatoms. The number of rotatable bonds is 5. The molecule has 2 atom stereocenters. The average Bonchev–Trinajstić information content (AvgIpc) is 3.23. The molecule has 5 nitrogen and oxygen atoms in total. The highest BCUT2D eigenvalue weighted by atomic mass is 16.5. The van der Waals surface area contributed by atoms with Gasteiger partial charge in [-0.05, 0) is 48.9 Å². The van der Waals surface area contributed by atoms with Gasteiger partial charge in [-0.2, -0.15) is 0 Å². The van der Waals surface area contributed by atoms with Crippen molar-refractivity contribution in [1.82, 2.24) is 9.80 Å². The van der Waals surface area contributed by atoms with Crippen LogP contribution in [0.25, 0.3) is 0 Å². The fourth-order valence-electron chi connectivity index (χ4n) is 4.90. The number of para-hydroxylation sites is 1. The largest absolute Gasteiger partial charge is 0.493 e. The predicted octanol–water partition coefficient (Wildman–Crippen LogP) is 3.71. The molecule has 0 radical (unpaired) electrons. The van der Waals surface area contributed by atoms with Gasteiger partial charge in [-0.25, -0.2) is 0 Å². The first-order valence-electron chi connectivity index (χ1n) is 10.9. The van der Waals surface area contributed by atoms with Crippen molar-refractivity contribution in [3.63, 3.8) is 0 Å². The first kappa shape index (κ1) is 20.5. The fraction of sp³-hybridized carbons (Fsp3) is 0.440. The second kappa shape index (κ2) is 9.33. The molecule has 2 aromatic carbocycles. The summed E-state index contributed by atoms with van der Waals surface area (Å²) in [7, 11) is 0. The van der Waals surface area contributed by atoms with E-state index in [4.69, 9.17) is 4.74 Å². The van der Waals surface area contributed by atoms with Gasteiger partial charge in [-0.1, -0.05) is 36.4 Å². The van der Waals surface area contributed by atoms with Crippen molar-refractivity contribution < 1.29 is 14.3 Å². The Bertz CT molecular complexity index is 847. The Labute approximate surface area is 178 Å². The Kier molecular flexibility index (Phi) is 6.36. The van der Waals surface area contributed by atoms with Gasteiger partial charge < -0.3 is 14.5 Å². The zero-order chi connectivity index (χ0) is 20.9. The summed E-state index contributed by atoms with van der Waals surface area (Å²) in [6.45, 7) is 5.37. The van der Waals surface area contributed by atoms with Gasteiger partial charge >= 0.3 is 0 Å². The van der Waals surface area contributed by atoms with Crippen molar-refractivity contribution in [1.29, 1.82) is 0 Å². The lowest BCUT2D eigenvalue weighted by Crippen LogP contribution is -2.40. The lowest BCUT2D eigenvalue weighted by atomic mass is 9.78. The van der Waals surface area contributed by atoms with Crippen LogP contribution in [0.5, 0.6) is 5.75 Å². The molecular weight excluding hydrogens is 376 g/mol. The number of likely N-dealkylation sites (tertiary alicyclic amines) is 2. The van der Waals surface area contributed by atoms with Crippen molar-refractivity contribution in [2.45, 2.75) is 19.8 Å². The van der Waals surface area contributed by atoms with Gasteiger partial charge in [-0.3, -0.25) is 9.59 Å². The molecule has 0 bridgehead atoms. The molecule has 2 unspecified atom stereocenters. The third-order valence-electron chi connectivity index (χ3n) is 6.60. The van der Waals surface area contributed by atoms with Gasteiger partial charge in [0.15, 0.2) is 0 Å². The number of hydrogen-bond donors (Lipinski definition) is 0. The molecule has 2 aliphatic heterocycles. The van der Waals surface area contributed by atoms with E-state index >= 15 is 0 Å². The summed E-state index contributed by atoms with van der Waals surface area (Å²) in [6, 6.07) is 19.4. The lowest BCUT2D eigenvalue weighted by Gasteiger charge is -2.36. The van der Waals surface area contributed by atoms with E-state index in [1.54, 1.807) is 6.92 Å². The Morgan fingerprint density at radius 2 is 1.53 bits per heavy atom. The maximum absolute atomic E-state index is 13.1. The van der Waals surface area contributed by atoms with E-state index in [1.807, 2.05) is 70.5 Å². The van der Waals surface area contributed by atoms with Crippen molar-refractivity contribution >= 4 is 11.8 Å². The SMILES string of the molecule is CC(=O)N1CCC(C2CN(C(=O)c3ccccc3)CC2COc2ccccc2)CC1. The minimum Gasteiger partial charge on any atom is -0.493 e. The first-order valence-corrected chi connectivity index (χ1v) is 10.9. The van der Waals surface area contributed by atoms with E-state index in [2.05, 4.69) is 0 Å². The zero-order valence-electron chi connectivity index (χ0n) is 17.6. The van der Waals surface area contributed by atoms with Crippen LogP contribution < -0.4 is 4.74 Å². The summed E-state index contributed by atoms with van der Waals surface area (Å²) >= 11 is 0. The highest BCUT2D eigenvalue weighted by Crippen LogP contribution is 2.36. The van der Waals surface area contributed by atoms with E-state index in [0.717, 1.165) is 50.3 Å². The second-order valence-electron chi connectivity index (χ2n) is 8.47. The minimum absolute atomic E-state index is 0.101. The summed E-state index contributed by atoms with van der Waals surface area (Å²) in [5, 5.41) is 0. The van der Waals surface area contributed by atoms with Crippen LogP contribution in [0.3, 0.4) is 0 Å². The molecule has 0 saturated carbocycles. The molecule has 0 aromatic heterocycles. The van der Waals surface area contributed by atoms with Gasteiger partial charge in [0.05, 0.1) is 6.61 Å². The molecule has 2 amide bonds. The van der Waals surface area contributed by atoms with Crippen LogP contribution in [-0.4, -0.2) is 54.4 Å². The highest BCUT2D eigenvalue weighted by Gasteiger charge is 2.41. The maximum Gasteiger partial charge on any atom is 0.253 e. The van der Waals surface area contributed by atoms with Crippen LogP contribution in [0, 0.1) is 17.8 Å². The molecule has 2 aliphatic rings. The van der Waals surface area contributed by atoms with Crippen LogP contribution >= 0.6 is 0 Å². The number of carbonyl (C=O) groups excluding carboxylic acids is 2. The summed E-state index contributed by atoms with van der Waals surface area (Å²) in [5.74, 6) is 2.34. The number of carbonyl (C=O) groups is 2. The predicted molar refractivity (Wildman–Crippen MR) is 116 cm³/mol. The Morgan fingerprint density at radius 3 is 2.17 bits per heavy atom. The lowest BCUT2D eigenvalue weighted by molar-refractivity contribution is -0.130. The number of nitrogens with zero attached hydrogens (tertiary/aromatic N) is 2. The molecule has 0 N–H and O–H groups in total. The average molecular weight is 407 g/mol. The van der Waals surface area contributed by atoms with Crippen molar-refractivity contribution in [3.05, 3.63) is 66.2 Å². The van der Waals surface area contributed by atoms with Crippen molar-refractivity contribution in [2.24, 2.45) is 17.8 Å². The maximum atomic E-state index is 13.1. The first-order chi connectivity index (χ1) is 14.6. The van der Waals surface area contributed by atoms with Crippen LogP contribution in [0.2, 0.25) is 0 Å². The molecule has 2 fully saturated rings. The minimum atomic E-state index is 0.101. The van der Waals surface area contributed by atoms with Crippen molar-refractivity contribution in [3.8, 4) is 5.75 Å². The van der Waals surface area contributed by atoms with Crippen LogP contribution in [0.1, 0.15) is 30.1 Å². The number of amides is 2. The van der Waals surface area contributed by atoms with Gasteiger partial charge in [0, 0.05) is 44.6 Å². The Hall–Kier alpha value is -2.82. The summed E-state index contributed by atoms with van der Waals surface area (Å²) < 4.78 is 6.10.